The van der Waals surface area contributed by atoms with Crippen molar-refractivity contribution in [2.75, 3.05) is 19.6 Å². The zero-order chi connectivity index (χ0) is 17.8. The van der Waals surface area contributed by atoms with Crippen LogP contribution in [0.2, 0.25) is 0 Å². The molecule has 0 radical (unpaired) electrons. The first-order valence-corrected chi connectivity index (χ1v) is 8.64. The van der Waals surface area contributed by atoms with Crippen molar-refractivity contribution in [1.29, 1.82) is 0 Å². The molecule has 1 atom stereocenters. The summed E-state index contributed by atoms with van der Waals surface area (Å²) in [5.74, 6) is 0.159. The summed E-state index contributed by atoms with van der Waals surface area (Å²) in [6.07, 6.45) is 2.17. The number of nitrogens with zero attached hydrogens (tertiary/aromatic N) is 4. The second-order valence-electron chi connectivity index (χ2n) is 6.42. The Morgan fingerprint density at radius 3 is 2.56 bits per heavy atom. The Morgan fingerprint density at radius 1 is 1.16 bits per heavy atom. The molecule has 0 bridgehead atoms. The second-order valence-corrected chi connectivity index (χ2v) is 6.42. The van der Waals surface area contributed by atoms with E-state index in [1.54, 1.807) is 13.1 Å². The summed E-state index contributed by atoms with van der Waals surface area (Å²) in [6, 6.07) is 11.8. The summed E-state index contributed by atoms with van der Waals surface area (Å²) < 4.78 is 1.85. The van der Waals surface area contributed by atoms with Gasteiger partial charge in [-0.05, 0) is 18.6 Å². The van der Waals surface area contributed by atoms with E-state index in [4.69, 9.17) is 0 Å². The van der Waals surface area contributed by atoms with E-state index in [-0.39, 0.29) is 17.9 Å². The van der Waals surface area contributed by atoms with E-state index in [1.807, 2.05) is 57.8 Å². The first-order chi connectivity index (χ1) is 12.1. The molecule has 132 valence electrons. The minimum absolute atomic E-state index is 0.0492. The number of hydrogen-bond acceptors (Lipinski definition) is 3. The lowest BCUT2D eigenvalue weighted by atomic mass is 10.0. The maximum Gasteiger partial charge on any atom is 0.224 e. The maximum absolute atomic E-state index is 12.6. The van der Waals surface area contributed by atoms with Crippen molar-refractivity contribution in [3.05, 3.63) is 53.9 Å². The Balaban J connectivity index is 1.68. The van der Waals surface area contributed by atoms with E-state index >= 15 is 0 Å². The summed E-state index contributed by atoms with van der Waals surface area (Å²) in [5.41, 5.74) is 2.12. The number of benzene rings is 1. The third kappa shape index (κ3) is 3.90. The molecule has 0 N–H and O–H groups in total. The van der Waals surface area contributed by atoms with Gasteiger partial charge in [0.05, 0.1) is 6.04 Å². The van der Waals surface area contributed by atoms with Crippen LogP contribution in [0, 0.1) is 6.92 Å². The number of aromatic nitrogens is 2. The zero-order valence-corrected chi connectivity index (χ0v) is 14.8. The van der Waals surface area contributed by atoms with Gasteiger partial charge in [0.2, 0.25) is 11.8 Å². The van der Waals surface area contributed by atoms with Gasteiger partial charge >= 0.3 is 0 Å². The molecule has 6 heteroatoms. The van der Waals surface area contributed by atoms with Gasteiger partial charge in [-0.2, -0.15) is 5.10 Å². The molecule has 0 saturated carbocycles. The predicted octanol–water partition coefficient (Wildman–Crippen LogP) is 2.01. The van der Waals surface area contributed by atoms with E-state index in [0.717, 1.165) is 11.3 Å². The molecular weight excluding hydrogens is 316 g/mol. The van der Waals surface area contributed by atoms with Crippen molar-refractivity contribution in [3.63, 3.8) is 0 Å². The van der Waals surface area contributed by atoms with Gasteiger partial charge in [0.25, 0.3) is 0 Å². The van der Waals surface area contributed by atoms with Gasteiger partial charge in [-0.25, -0.2) is 0 Å². The van der Waals surface area contributed by atoms with Crippen molar-refractivity contribution >= 4 is 11.8 Å². The summed E-state index contributed by atoms with van der Waals surface area (Å²) >= 11 is 0. The summed E-state index contributed by atoms with van der Waals surface area (Å²) in [7, 11) is 0. The van der Waals surface area contributed by atoms with E-state index in [1.165, 1.54) is 0 Å². The molecule has 1 fully saturated rings. The molecule has 1 unspecified atom stereocenters. The highest BCUT2D eigenvalue weighted by Gasteiger charge is 2.31. The number of amides is 2. The highest BCUT2D eigenvalue weighted by Crippen LogP contribution is 2.25. The molecule has 1 aromatic heterocycles. The van der Waals surface area contributed by atoms with Gasteiger partial charge in [0.15, 0.2) is 0 Å². The molecule has 3 rings (SSSR count). The second kappa shape index (κ2) is 7.51. The van der Waals surface area contributed by atoms with Gasteiger partial charge in [-0.3, -0.25) is 14.3 Å². The lowest BCUT2D eigenvalue weighted by Crippen LogP contribution is -2.51. The van der Waals surface area contributed by atoms with E-state index in [9.17, 15) is 9.59 Å². The first kappa shape index (κ1) is 17.2. The minimum Gasteiger partial charge on any atom is -0.338 e. The molecule has 25 heavy (non-hydrogen) atoms. The van der Waals surface area contributed by atoms with E-state index in [2.05, 4.69) is 5.10 Å². The largest absolute Gasteiger partial charge is 0.338 e. The molecular formula is C19H24N4O2. The first-order valence-electron chi connectivity index (χ1n) is 8.64. The fourth-order valence-corrected chi connectivity index (χ4v) is 3.34. The van der Waals surface area contributed by atoms with Gasteiger partial charge in [-0.15, -0.1) is 0 Å². The molecule has 1 aromatic carbocycles. The number of carbonyl (C=O) groups is 2. The van der Waals surface area contributed by atoms with E-state index < -0.39 is 0 Å². The van der Waals surface area contributed by atoms with Crippen molar-refractivity contribution in [2.24, 2.45) is 0 Å². The SMILES string of the molecule is CC(=O)N1CCN(C(=O)CCn2nccc2C)CC1c1ccccc1. The van der Waals surface area contributed by atoms with Crippen LogP contribution in [-0.2, 0) is 16.1 Å². The van der Waals surface area contributed by atoms with Crippen LogP contribution in [0.1, 0.15) is 30.6 Å². The normalized spacial score (nSPS) is 17.6. The van der Waals surface area contributed by atoms with Crippen molar-refractivity contribution < 1.29 is 9.59 Å². The Labute approximate surface area is 148 Å². The lowest BCUT2D eigenvalue weighted by molar-refractivity contribution is -0.142. The molecule has 2 amide bonds. The van der Waals surface area contributed by atoms with Crippen LogP contribution in [0.5, 0.6) is 0 Å². The predicted molar refractivity (Wildman–Crippen MR) is 94.7 cm³/mol. The van der Waals surface area contributed by atoms with Crippen LogP contribution in [0.25, 0.3) is 0 Å². The molecule has 0 spiro atoms. The number of hydrogen-bond donors (Lipinski definition) is 0. The Hall–Kier alpha value is -2.63. The molecule has 0 aliphatic carbocycles. The topological polar surface area (TPSA) is 58.4 Å². The number of piperazine rings is 1. The summed E-state index contributed by atoms with van der Waals surface area (Å²) in [4.78, 5) is 28.4. The number of aryl methyl sites for hydroxylation is 2. The van der Waals surface area contributed by atoms with Crippen molar-refractivity contribution in [1.82, 2.24) is 19.6 Å². The molecule has 2 aromatic rings. The van der Waals surface area contributed by atoms with Crippen LogP contribution < -0.4 is 0 Å². The van der Waals surface area contributed by atoms with Crippen LogP contribution in [0.15, 0.2) is 42.6 Å². The van der Waals surface area contributed by atoms with Gasteiger partial charge in [-0.1, -0.05) is 30.3 Å². The maximum atomic E-state index is 12.6. The van der Waals surface area contributed by atoms with Gasteiger partial charge < -0.3 is 9.80 Å². The standard InChI is InChI=1S/C19H24N4O2/c1-15-8-10-20-23(15)11-9-19(25)21-12-13-22(16(2)24)18(14-21)17-6-4-3-5-7-17/h3-8,10,18H,9,11-14H2,1-2H3. The molecule has 2 heterocycles. The molecule has 1 aliphatic heterocycles. The number of rotatable bonds is 4. The zero-order valence-electron chi connectivity index (χ0n) is 14.8. The van der Waals surface area contributed by atoms with Crippen LogP contribution >= 0.6 is 0 Å². The molecule has 6 nitrogen and oxygen atoms in total. The Kier molecular flexibility index (Phi) is 5.16. The van der Waals surface area contributed by atoms with Crippen LogP contribution in [0.3, 0.4) is 0 Å². The third-order valence-electron chi connectivity index (χ3n) is 4.79. The van der Waals surface area contributed by atoms with Crippen LogP contribution in [-0.4, -0.2) is 51.0 Å². The van der Waals surface area contributed by atoms with E-state index in [0.29, 0.717) is 32.6 Å². The Bertz CT molecular complexity index is 741. The average Bonchev–Trinajstić information content (AvgIpc) is 3.04. The fourth-order valence-electron chi connectivity index (χ4n) is 3.34. The van der Waals surface area contributed by atoms with Crippen LogP contribution in [0.4, 0.5) is 0 Å². The van der Waals surface area contributed by atoms with Crippen molar-refractivity contribution in [3.8, 4) is 0 Å². The smallest absolute Gasteiger partial charge is 0.224 e. The van der Waals surface area contributed by atoms with Gasteiger partial charge in [0, 0.05) is 51.4 Å². The summed E-state index contributed by atoms with van der Waals surface area (Å²) in [6.45, 7) is 5.85. The van der Waals surface area contributed by atoms with Crippen molar-refractivity contribution in [2.45, 2.75) is 32.9 Å². The van der Waals surface area contributed by atoms with Gasteiger partial charge in [0.1, 0.15) is 0 Å². The number of carbonyl (C=O) groups excluding carboxylic acids is 2. The third-order valence-corrected chi connectivity index (χ3v) is 4.79. The molecule has 1 saturated heterocycles. The fraction of sp³-hybridized carbons (Fsp3) is 0.421. The quantitative estimate of drug-likeness (QED) is 0.855. The average molecular weight is 340 g/mol. The minimum atomic E-state index is -0.0807. The highest BCUT2D eigenvalue weighted by molar-refractivity contribution is 5.78. The molecule has 1 aliphatic rings. The monoisotopic (exact) mass is 340 g/mol. The Morgan fingerprint density at radius 2 is 1.92 bits per heavy atom. The summed E-state index contributed by atoms with van der Waals surface area (Å²) in [5, 5.41) is 4.22. The lowest BCUT2D eigenvalue weighted by Gasteiger charge is -2.41. The highest BCUT2D eigenvalue weighted by atomic mass is 16.2.